The van der Waals surface area contributed by atoms with Gasteiger partial charge in [0.2, 0.25) is 0 Å². The van der Waals surface area contributed by atoms with Gasteiger partial charge in [0, 0.05) is 6.54 Å². The fourth-order valence-electron chi connectivity index (χ4n) is 1.75. The maximum Gasteiger partial charge on any atom is 0.265 e. The molecule has 1 aliphatic heterocycles. The summed E-state index contributed by atoms with van der Waals surface area (Å²) in [5.74, 6) is -1.56. The summed E-state index contributed by atoms with van der Waals surface area (Å²) >= 11 is 4.92. The number of carbonyl (C=O) groups excluding carboxylic acids is 2. The van der Waals surface area contributed by atoms with Crippen molar-refractivity contribution < 1.29 is 14.0 Å². The lowest BCUT2D eigenvalue weighted by Gasteiger charge is -2.27. The second-order valence-corrected chi connectivity index (χ2v) is 4.46. The Balaban J connectivity index is 2.38. The zero-order valence-electron chi connectivity index (χ0n) is 10.4. The van der Waals surface area contributed by atoms with Crippen LogP contribution in [0.1, 0.15) is 5.56 Å². The number of rotatable bonds is 3. The number of amides is 2. The van der Waals surface area contributed by atoms with Gasteiger partial charge in [-0.25, -0.2) is 4.39 Å². The molecule has 1 fully saturated rings. The molecule has 1 heterocycles. The number of benzene rings is 1. The highest BCUT2D eigenvalue weighted by atomic mass is 32.1. The smallest absolute Gasteiger partial charge is 0.265 e. The van der Waals surface area contributed by atoms with Gasteiger partial charge in [0.25, 0.3) is 11.8 Å². The standard InChI is InChI=1S/C14H11FN2O2S/c1-2-6-17-13(19)11(12(18)16-14(17)20)8-9-4-3-5-10(15)7-9/h2-5,7-8H,1,6H2,(H,16,18,20)/b11-8-. The molecule has 2 rings (SSSR count). The van der Waals surface area contributed by atoms with Crippen molar-refractivity contribution in [1.29, 1.82) is 0 Å². The first-order valence-corrected chi connectivity index (χ1v) is 6.19. The van der Waals surface area contributed by atoms with Crippen molar-refractivity contribution in [3.63, 3.8) is 0 Å². The molecule has 1 aliphatic rings. The van der Waals surface area contributed by atoms with Gasteiger partial charge >= 0.3 is 0 Å². The highest BCUT2D eigenvalue weighted by Crippen LogP contribution is 2.15. The molecule has 0 atom stereocenters. The Morgan fingerprint density at radius 1 is 1.40 bits per heavy atom. The third kappa shape index (κ3) is 2.80. The van der Waals surface area contributed by atoms with E-state index in [1.54, 1.807) is 6.07 Å². The quantitative estimate of drug-likeness (QED) is 0.398. The average molecular weight is 290 g/mol. The molecule has 1 saturated heterocycles. The molecular formula is C14H11FN2O2S. The van der Waals surface area contributed by atoms with E-state index in [-0.39, 0.29) is 17.2 Å². The Morgan fingerprint density at radius 3 is 2.80 bits per heavy atom. The molecule has 0 spiro atoms. The highest BCUT2D eigenvalue weighted by Gasteiger charge is 2.32. The van der Waals surface area contributed by atoms with Crippen LogP contribution >= 0.6 is 12.2 Å². The largest absolute Gasteiger partial charge is 0.298 e. The minimum absolute atomic E-state index is 0.0382. The van der Waals surface area contributed by atoms with Gasteiger partial charge in [-0.3, -0.25) is 19.8 Å². The predicted octanol–water partition coefficient (Wildman–Crippen LogP) is 1.64. The maximum atomic E-state index is 13.1. The molecule has 0 radical (unpaired) electrons. The topological polar surface area (TPSA) is 49.4 Å². The normalized spacial score (nSPS) is 17.4. The summed E-state index contributed by atoms with van der Waals surface area (Å²) in [6.45, 7) is 3.72. The van der Waals surface area contributed by atoms with E-state index >= 15 is 0 Å². The summed E-state index contributed by atoms with van der Waals surface area (Å²) < 4.78 is 13.1. The summed E-state index contributed by atoms with van der Waals surface area (Å²) in [5, 5.41) is 2.46. The molecule has 1 N–H and O–H groups in total. The summed E-state index contributed by atoms with van der Waals surface area (Å²) in [5.41, 5.74) is 0.334. The minimum atomic E-state index is -0.593. The molecule has 0 unspecified atom stereocenters. The van der Waals surface area contributed by atoms with Crippen molar-refractivity contribution in [1.82, 2.24) is 10.2 Å². The molecule has 1 aromatic carbocycles. The van der Waals surface area contributed by atoms with Gasteiger partial charge in [-0.2, -0.15) is 0 Å². The number of halogens is 1. The first kappa shape index (κ1) is 14.1. The molecule has 102 valence electrons. The average Bonchev–Trinajstić information content (AvgIpc) is 2.39. The molecule has 0 bridgehead atoms. The zero-order valence-corrected chi connectivity index (χ0v) is 11.2. The van der Waals surface area contributed by atoms with Gasteiger partial charge in [-0.1, -0.05) is 18.2 Å². The van der Waals surface area contributed by atoms with Crippen molar-refractivity contribution in [2.24, 2.45) is 0 Å². The van der Waals surface area contributed by atoms with E-state index in [0.717, 1.165) is 0 Å². The molecular weight excluding hydrogens is 279 g/mol. The lowest BCUT2D eigenvalue weighted by Crippen LogP contribution is -2.53. The Kier molecular flexibility index (Phi) is 4.05. The maximum absolute atomic E-state index is 13.1. The van der Waals surface area contributed by atoms with E-state index in [0.29, 0.717) is 5.56 Å². The highest BCUT2D eigenvalue weighted by molar-refractivity contribution is 7.80. The fraction of sp³-hybridized carbons (Fsp3) is 0.0714. The first-order chi connectivity index (χ1) is 9.52. The van der Waals surface area contributed by atoms with Crippen molar-refractivity contribution in [3.8, 4) is 0 Å². The third-order valence-electron chi connectivity index (χ3n) is 2.66. The van der Waals surface area contributed by atoms with Gasteiger partial charge in [0.15, 0.2) is 5.11 Å². The molecule has 2 amide bonds. The molecule has 0 saturated carbocycles. The zero-order chi connectivity index (χ0) is 14.7. The molecule has 1 aromatic rings. The number of nitrogens with one attached hydrogen (secondary N) is 1. The van der Waals surface area contributed by atoms with E-state index in [4.69, 9.17) is 12.2 Å². The first-order valence-electron chi connectivity index (χ1n) is 5.78. The van der Waals surface area contributed by atoms with Crippen molar-refractivity contribution >= 4 is 35.2 Å². The number of hydrogen-bond donors (Lipinski definition) is 1. The molecule has 6 heteroatoms. The van der Waals surface area contributed by atoms with Gasteiger partial charge < -0.3 is 0 Å². The van der Waals surface area contributed by atoms with Crippen LogP contribution in [0.15, 0.2) is 42.5 Å². The summed E-state index contributed by atoms with van der Waals surface area (Å²) in [4.78, 5) is 25.2. The van der Waals surface area contributed by atoms with Crippen LogP contribution in [0.4, 0.5) is 4.39 Å². The Bertz CT molecular complexity index is 640. The minimum Gasteiger partial charge on any atom is -0.298 e. The summed E-state index contributed by atoms with van der Waals surface area (Å²) in [6, 6.07) is 5.61. The lowest BCUT2D eigenvalue weighted by molar-refractivity contribution is -0.128. The second kappa shape index (κ2) is 5.75. The lowest BCUT2D eigenvalue weighted by atomic mass is 10.1. The summed E-state index contributed by atoms with van der Waals surface area (Å²) in [6.07, 6.45) is 2.83. The van der Waals surface area contributed by atoms with Gasteiger partial charge in [-0.05, 0) is 36.0 Å². The van der Waals surface area contributed by atoms with Crippen LogP contribution < -0.4 is 5.32 Å². The van der Waals surface area contributed by atoms with E-state index in [1.165, 1.54) is 35.3 Å². The number of hydrogen-bond acceptors (Lipinski definition) is 3. The third-order valence-corrected chi connectivity index (χ3v) is 2.98. The summed E-state index contributed by atoms with van der Waals surface area (Å²) in [7, 11) is 0. The Labute approximate surface area is 120 Å². The monoisotopic (exact) mass is 290 g/mol. The Morgan fingerprint density at radius 2 is 2.15 bits per heavy atom. The van der Waals surface area contributed by atoms with E-state index < -0.39 is 17.6 Å². The SMILES string of the molecule is C=CCN1C(=O)/C(=C\c2cccc(F)c2)C(=O)NC1=S. The second-order valence-electron chi connectivity index (χ2n) is 4.08. The van der Waals surface area contributed by atoms with Crippen molar-refractivity contribution in [2.75, 3.05) is 6.54 Å². The van der Waals surface area contributed by atoms with E-state index in [2.05, 4.69) is 11.9 Å². The fourth-order valence-corrected chi connectivity index (χ4v) is 2.00. The molecule has 20 heavy (non-hydrogen) atoms. The molecule has 0 aliphatic carbocycles. The number of carbonyl (C=O) groups is 2. The van der Waals surface area contributed by atoms with Crippen LogP contribution in [-0.4, -0.2) is 28.4 Å². The van der Waals surface area contributed by atoms with Crippen LogP contribution in [-0.2, 0) is 9.59 Å². The van der Waals surface area contributed by atoms with E-state index in [9.17, 15) is 14.0 Å². The van der Waals surface area contributed by atoms with Crippen LogP contribution in [0.25, 0.3) is 6.08 Å². The van der Waals surface area contributed by atoms with Crippen LogP contribution in [0.3, 0.4) is 0 Å². The van der Waals surface area contributed by atoms with Crippen molar-refractivity contribution in [2.45, 2.75) is 0 Å². The predicted molar refractivity (Wildman–Crippen MR) is 77.0 cm³/mol. The number of nitrogens with zero attached hydrogens (tertiary/aromatic N) is 1. The van der Waals surface area contributed by atoms with Crippen LogP contribution in [0.5, 0.6) is 0 Å². The molecule has 4 nitrogen and oxygen atoms in total. The Hall–Kier alpha value is -2.34. The molecule has 0 aromatic heterocycles. The van der Waals surface area contributed by atoms with Gasteiger partial charge in [-0.15, -0.1) is 6.58 Å². The van der Waals surface area contributed by atoms with Gasteiger partial charge in [0.1, 0.15) is 11.4 Å². The van der Waals surface area contributed by atoms with Crippen molar-refractivity contribution in [3.05, 3.63) is 53.9 Å². The van der Waals surface area contributed by atoms with Gasteiger partial charge in [0.05, 0.1) is 0 Å². The van der Waals surface area contributed by atoms with Crippen LogP contribution in [0.2, 0.25) is 0 Å². The number of thiocarbonyl (C=S) groups is 1. The van der Waals surface area contributed by atoms with Crippen LogP contribution in [0, 0.1) is 5.82 Å². The van der Waals surface area contributed by atoms with E-state index in [1.807, 2.05) is 0 Å².